The van der Waals surface area contributed by atoms with Crippen molar-refractivity contribution < 1.29 is 32.7 Å². The van der Waals surface area contributed by atoms with Crippen LogP contribution in [0.1, 0.15) is 74.8 Å². The van der Waals surface area contributed by atoms with Crippen molar-refractivity contribution in [1.82, 2.24) is 44.1 Å². The summed E-state index contributed by atoms with van der Waals surface area (Å²) in [5.74, 6) is -0.801. The van der Waals surface area contributed by atoms with Crippen molar-refractivity contribution in [2.24, 2.45) is 71.1 Å². The Balaban J connectivity index is 0.000000116. The van der Waals surface area contributed by atoms with Crippen molar-refractivity contribution in [3.8, 4) is 89.5 Å². The number of hydrogen-bond acceptors (Lipinski definition) is 18. The number of pyridine rings is 1. The number of Topliss-reactive ketones (excluding diaryl/α,β-unsaturated/α-hetero) is 4. The van der Waals surface area contributed by atoms with Crippen molar-refractivity contribution in [3.05, 3.63) is 303 Å². The van der Waals surface area contributed by atoms with E-state index in [4.69, 9.17) is 40.8 Å². The van der Waals surface area contributed by atoms with Gasteiger partial charge in [-0.3, -0.25) is 62.9 Å². The lowest BCUT2D eigenvalue weighted by molar-refractivity contribution is 0.0992. The van der Waals surface area contributed by atoms with Crippen LogP contribution in [-0.4, -0.2) is 149 Å². The molecular weight excluding hydrogens is 1540 g/mol. The van der Waals surface area contributed by atoms with Crippen molar-refractivity contribution >= 4 is 89.7 Å². The Morgan fingerprint density at radius 1 is 0.369 bits per heavy atom. The molecule has 0 radical (unpaired) electrons. The second-order valence-corrected chi connectivity index (χ2v) is 29.7. The number of nitrogens with zero attached hydrogens (tertiary/aromatic N) is 15. The molecule has 15 aromatic rings. The average molecular weight is 1610 g/mol. The first-order valence-electron chi connectivity index (χ1n) is 39.3. The number of nitrogens with two attached hydrogens (primary N) is 4. The van der Waals surface area contributed by atoms with E-state index < -0.39 is 5.82 Å². The Labute approximate surface area is 698 Å². The maximum absolute atomic E-state index is 15.0. The van der Waals surface area contributed by atoms with Gasteiger partial charge >= 0.3 is 0 Å². The normalized spacial score (nSPS) is 13.8. The monoisotopic (exact) mass is 1610 g/mol. The molecule has 10 heterocycles. The zero-order valence-corrected chi connectivity index (χ0v) is 66.8. The lowest BCUT2D eigenvalue weighted by Gasteiger charge is -2.21. The summed E-state index contributed by atoms with van der Waals surface area (Å²) in [7, 11) is 7.45. The maximum Gasteiger partial charge on any atom is 0.204 e. The first-order valence-corrected chi connectivity index (χ1v) is 39.3. The Morgan fingerprint density at radius 3 is 1.21 bits per heavy atom. The molecule has 26 heteroatoms. The minimum absolute atomic E-state index is 0.0234. The zero-order chi connectivity index (χ0) is 84.7. The van der Waals surface area contributed by atoms with Crippen LogP contribution in [-0.2, 0) is 46.0 Å². The van der Waals surface area contributed by atoms with E-state index in [0.717, 1.165) is 125 Å². The van der Waals surface area contributed by atoms with E-state index in [1.165, 1.54) is 23.3 Å². The standard InChI is InChI=1S/2C25H18FN5O.C23H19N5O.C23H22N4O2/c1-28-24-17-4-3-5-21(26)15(17)8-9-18(24)25-20(12-30-31(25)2)14-6-7-16-19(10-14)22(11-27)29-13-23(16)32;1-28-24-17-6-4-3-5-15(17)21(26)10-19(24)25-20(12-30-31(25)2)14-7-8-16-18(9-14)22(11-27)29-13-23(16)32;1-28-23(17-4-2-3-14-7-8-25-11-19(14)17)20(12-27-28)15-5-6-16-18(9-15)21(10-24)26-13-22(16)29;1-27-23(17-4-2-3-14-7-8-29-13-20(14)17)19(11-26-27)15-5-6-16-18(9-15)21(10-24)25-12-22(16)28/h2*3-10,12H,11,13,27H2,2H3;2-9,11-12H,10,13,24H2,1H3;2-6,9,11H,7-8,10,12-13,24H2,1H3. The second kappa shape index (κ2) is 33.4. The number of halogens is 2. The molecule has 5 aliphatic heterocycles. The molecule has 0 amide bonds. The Bertz CT molecular complexity index is 7090. The zero-order valence-electron chi connectivity index (χ0n) is 66.8. The minimum Gasteiger partial charge on any atom is -0.376 e. The van der Waals surface area contributed by atoms with Crippen molar-refractivity contribution in [1.29, 1.82) is 0 Å². The number of aromatic nitrogens is 9. The van der Waals surface area contributed by atoms with Gasteiger partial charge in [-0.2, -0.15) is 20.4 Å². The number of carbonyl (C=O) groups excluding carboxylic acids is 4. The molecule has 0 saturated heterocycles. The number of hydrogen-bond donors (Lipinski definition) is 4. The van der Waals surface area contributed by atoms with Gasteiger partial charge in [0.05, 0.1) is 96.8 Å². The van der Waals surface area contributed by atoms with Gasteiger partial charge in [-0.15, -0.1) is 0 Å². The predicted molar refractivity (Wildman–Crippen MR) is 472 cm³/mol. The van der Waals surface area contributed by atoms with Gasteiger partial charge in [-0.05, 0) is 98.4 Å². The second-order valence-electron chi connectivity index (χ2n) is 29.7. The molecule has 8 N–H and O–H groups in total. The summed E-state index contributed by atoms with van der Waals surface area (Å²) < 4.78 is 42.1. The number of ketones is 4. The quantitative estimate of drug-likeness (QED) is 0.0827. The third-order valence-electron chi connectivity index (χ3n) is 22.9. The smallest absolute Gasteiger partial charge is 0.204 e. The average Bonchev–Trinajstić information content (AvgIpc) is 1.47. The van der Waals surface area contributed by atoms with E-state index in [9.17, 15) is 28.0 Å². The lowest BCUT2D eigenvalue weighted by atomic mass is 9.90. The number of fused-ring (bicyclic) bond motifs is 8. The van der Waals surface area contributed by atoms with Crippen LogP contribution < -0.4 is 22.9 Å². The van der Waals surface area contributed by atoms with Crippen molar-refractivity contribution in [2.75, 3.05) is 59.0 Å². The molecule has 0 saturated carbocycles. The van der Waals surface area contributed by atoms with E-state index >= 15 is 0 Å². The van der Waals surface area contributed by atoms with Crippen molar-refractivity contribution in [3.63, 3.8) is 0 Å². The molecule has 20 rings (SSSR count). The highest BCUT2D eigenvalue weighted by atomic mass is 19.1. The summed E-state index contributed by atoms with van der Waals surface area (Å²) >= 11 is 0. The van der Waals surface area contributed by atoms with E-state index in [0.29, 0.717) is 109 Å². The van der Waals surface area contributed by atoms with E-state index in [2.05, 4.69) is 85.4 Å². The molecule has 0 aliphatic carbocycles. The van der Waals surface area contributed by atoms with Crippen LogP contribution in [0.4, 0.5) is 20.2 Å². The summed E-state index contributed by atoms with van der Waals surface area (Å²) in [4.78, 5) is 78.2. The van der Waals surface area contributed by atoms with Crippen LogP contribution in [0.15, 0.2) is 233 Å². The van der Waals surface area contributed by atoms with Crippen LogP contribution in [0.5, 0.6) is 0 Å². The SMILES string of the molecule is Cn1ncc(-c2ccc3c(c2)C(CN)=NCC3=O)c1-c1cccc2c1COCC2.Cn1ncc(-c2ccc3c(c2)C(CN)=NCC3=O)c1-c1cccc2ccncc12.[C-]#[N+]c1c(-c2c(-c3ccc4c(c3)C(CN)=NCC4=O)cnn2C)cc(F)c2ccccc12.[C-]#[N+]c1c(-c2c(-c3ccc4c(c3)C(CN)=NCC4=O)cnn2C)ccc2c(F)cccc12. The van der Waals surface area contributed by atoms with Crippen LogP contribution in [0.25, 0.3) is 132 Å². The van der Waals surface area contributed by atoms with Gasteiger partial charge in [0.15, 0.2) is 23.1 Å². The van der Waals surface area contributed by atoms with E-state index in [-0.39, 0.29) is 68.2 Å². The highest BCUT2D eigenvalue weighted by molar-refractivity contribution is 6.20. The minimum atomic E-state index is -0.399. The highest BCUT2D eigenvalue weighted by Gasteiger charge is 2.30. The Kier molecular flexibility index (Phi) is 21.7. The highest BCUT2D eigenvalue weighted by Crippen LogP contribution is 2.46. The predicted octanol–water partition coefficient (Wildman–Crippen LogP) is 15.1. The largest absolute Gasteiger partial charge is 0.376 e. The third-order valence-corrected chi connectivity index (χ3v) is 22.9. The van der Waals surface area contributed by atoms with Gasteiger partial charge in [0, 0.05) is 172 Å². The molecule has 5 aliphatic rings. The lowest BCUT2D eigenvalue weighted by Crippen LogP contribution is -2.24. The fraction of sp³-hybridized carbons (Fsp3) is 0.156. The number of carbonyl (C=O) groups is 4. The molecule has 10 aromatic carbocycles. The van der Waals surface area contributed by atoms with Gasteiger partial charge in [-0.1, -0.05) is 133 Å². The number of aryl methyl sites for hydroxylation is 4. The van der Waals surface area contributed by atoms with Gasteiger partial charge < -0.3 is 27.7 Å². The summed E-state index contributed by atoms with van der Waals surface area (Å²) in [6.07, 6.45) is 11.7. The third kappa shape index (κ3) is 14.4. The summed E-state index contributed by atoms with van der Waals surface area (Å²) in [5, 5.41) is 22.0. The molecule has 122 heavy (non-hydrogen) atoms. The Morgan fingerprint density at radius 2 is 0.754 bits per heavy atom. The first kappa shape index (κ1) is 79.4. The summed E-state index contributed by atoms with van der Waals surface area (Å²) in [5.41, 5.74) is 49.1. The van der Waals surface area contributed by atoms with Gasteiger partial charge in [0.2, 0.25) is 11.4 Å². The molecule has 0 atom stereocenters. The summed E-state index contributed by atoms with van der Waals surface area (Å²) in [6, 6.07) is 53.9. The fourth-order valence-electron chi connectivity index (χ4n) is 16.9. The molecule has 0 fully saturated rings. The van der Waals surface area contributed by atoms with E-state index in [1.54, 1.807) is 103 Å². The molecule has 0 unspecified atom stereocenters. The van der Waals surface area contributed by atoms with E-state index in [1.807, 2.05) is 115 Å². The molecule has 0 spiro atoms. The van der Waals surface area contributed by atoms with Crippen molar-refractivity contribution in [2.45, 2.75) is 13.0 Å². The number of ether oxygens (including phenoxy) is 1. The number of aliphatic imine (C=N–C) groups is 4. The van der Waals surface area contributed by atoms with Crippen LogP contribution in [0.3, 0.4) is 0 Å². The molecular formula is C96H77F2N19O5. The molecule has 5 aromatic heterocycles. The molecule has 24 nitrogen and oxygen atoms in total. The molecule has 0 bridgehead atoms. The van der Waals surface area contributed by atoms with Gasteiger partial charge in [0.25, 0.3) is 0 Å². The number of rotatable bonds is 12. The molecule has 600 valence electrons. The van der Waals surface area contributed by atoms with Gasteiger partial charge in [0.1, 0.15) is 37.8 Å². The van der Waals surface area contributed by atoms with Crippen LogP contribution >= 0.6 is 0 Å². The number of benzene rings is 10. The fourth-order valence-corrected chi connectivity index (χ4v) is 16.9. The topological polar surface area (TPSA) is 324 Å². The Hall–Kier alpha value is -15.0. The first-order chi connectivity index (χ1) is 59.4. The van der Waals surface area contributed by atoms with Crippen LogP contribution in [0.2, 0.25) is 0 Å². The van der Waals surface area contributed by atoms with Gasteiger partial charge in [-0.25, -0.2) is 18.5 Å². The summed E-state index contributed by atoms with van der Waals surface area (Å²) in [6.45, 7) is 18.6. The maximum atomic E-state index is 15.0. The van der Waals surface area contributed by atoms with Crippen LogP contribution in [0, 0.1) is 24.8 Å².